The first-order valence-electron chi connectivity index (χ1n) is 4.00. The second kappa shape index (κ2) is 4.12. The smallest absolute Gasteiger partial charge is 0.350 e. The third-order valence-electron chi connectivity index (χ3n) is 1.82. The number of alkyl halides is 4. The molecule has 0 aromatic carbocycles. The largest absolute Gasteiger partial charge is 0.365 e. The molecule has 1 aliphatic rings. The van der Waals surface area contributed by atoms with Gasteiger partial charge in [0.05, 0.1) is 0 Å². The van der Waals surface area contributed by atoms with Gasteiger partial charge in [0, 0.05) is 6.54 Å². The normalized spacial score (nSPS) is 26.4. The molecule has 1 N–H and O–H groups in total. The molecule has 0 aliphatic carbocycles. The van der Waals surface area contributed by atoms with Crippen molar-refractivity contribution in [1.29, 1.82) is 0 Å². The Kier molecular flexibility index (Phi) is 3.30. The van der Waals surface area contributed by atoms with Crippen molar-refractivity contribution in [2.75, 3.05) is 13.2 Å². The average molecular weight is 215 g/mol. The molecular weight excluding hydrogens is 206 g/mol. The number of rotatable bonds is 3. The Bertz CT molecular complexity index is 222. The van der Waals surface area contributed by atoms with E-state index in [-0.39, 0.29) is 13.0 Å². The van der Waals surface area contributed by atoms with Crippen LogP contribution in [0.15, 0.2) is 0 Å². The number of piperidine rings is 1. The van der Waals surface area contributed by atoms with Crippen LogP contribution in [0.1, 0.15) is 6.42 Å². The molecule has 1 aliphatic heterocycles. The first-order chi connectivity index (χ1) is 6.44. The monoisotopic (exact) mass is 215 g/mol. The molecule has 0 aromatic heterocycles. The van der Waals surface area contributed by atoms with Crippen molar-refractivity contribution >= 4 is 5.91 Å². The molecule has 1 fully saturated rings. The number of amides is 1. The van der Waals surface area contributed by atoms with Crippen molar-refractivity contribution in [1.82, 2.24) is 5.32 Å². The van der Waals surface area contributed by atoms with Gasteiger partial charge in [0.2, 0.25) is 0 Å². The van der Waals surface area contributed by atoms with E-state index in [0.29, 0.717) is 0 Å². The van der Waals surface area contributed by atoms with Crippen molar-refractivity contribution in [3.63, 3.8) is 0 Å². The lowest BCUT2D eigenvalue weighted by atomic mass is 10.1. The lowest BCUT2D eigenvalue weighted by Gasteiger charge is -2.30. The van der Waals surface area contributed by atoms with Crippen LogP contribution in [0.25, 0.3) is 0 Å². The highest BCUT2D eigenvalue weighted by molar-refractivity contribution is 5.84. The van der Waals surface area contributed by atoms with E-state index in [9.17, 15) is 22.4 Å². The van der Waals surface area contributed by atoms with Gasteiger partial charge in [-0.1, -0.05) is 0 Å². The molecule has 1 amide bonds. The third kappa shape index (κ3) is 2.34. The summed E-state index contributed by atoms with van der Waals surface area (Å²) in [5.41, 5.74) is 0. The minimum atomic E-state index is -3.72. The highest BCUT2D eigenvalue weighted by atomic mass is 19.3. The first-order valence-corrected chi connectivity index (χ1v) is 4.00. The summed E-state index contributed by atoms with van der Waals surface area (Å²) in [6.45, 7) is -1.06. The van der Waals surface area contributed by atoms with Crippen molar-refractivity contribution in [2.45, 2.75) is 24.9 Å². The summed E-state index contributed by atoms with van der Waals surface area (Å²) in [5.74, 6) is -5.18. The summed E-state index contributed by atoms with van der Waals surface area (Å²) < 4.78 is 53.5. The van der Waals surface area contributed by atoms with Crippen LogP contribution >= 0.6 is 0 Å². The number of carbonyl (C=O) groups excluding carboxylic acids is 1. The molecule has 1 rings (SSSR count). The molecule has 0 radical (unpaired) electrons. The highest BCUT2D eigenvalue weighted by Crippen LogP contribution is 2.27. The van der Waals surface area contributed by atoms with E-state index in [2.05, 4.69) is 4.74 Å². The van der Waals surface area contributed by atoms with E-state index in [0.717, 1.165) is 0 Å². The van der Waals surface area contributed by atoms with Gasteiger partial charge in [0.25, 0.3) is 12.3 Å². The summed E-state index contributed by atoms with van der Waals surface area (Å²) in [6, 6.07) is 0. The van der Waals surface area contributed by atoms with Gasteiger partial charge in [-0.2, -0.15) is 8.78 Å². The number of nitrogens with one attached hydrogen (secondary N) is 1. The van der Waals surface area contributed by atoms with E-state index >= 15 is 0 Å². The van der Waals surface area contributed by atoms with Gasteiger partial charge < -0.3 is 10.1 Å². The molecule has 0 saturated carbocycles. The van der Waals surface area contributed by atoms with Crippen LogP contribution in [-0.2, 0) is 9.53 Å². The van der Waals surface area contributed by atoms with Gasteiger partial charge in [-0.3, -0.25) is 4.79 Å². The van der Waals surface area contributed by atoms with E-state index in [1.165, 1.54) is 0 Å². The van der Waals surface area contributed by atoms with Crippen molar-refractivity contribution < 1.29 is 27.1 Å². The predicted molar refractivity (Wildman–Crippen MR) is 38.3 cm³/mol. The maximum absolute atomic E-state index is 12.9. The molecule has 82 valence electrons. The molecule has 7 heteroatoms. The van der Waals surface area contributed by atoms with Gasteiger partial charge in [-0.15, -0.1) is 0 Å². The van der Waals surface area contributed by atoms with E-state index in [4.69, 9.17) is 0 Å². The zero-order valence-corrected chi connectivity index (χ0v) is 7.10. The minimum Gasteiger partial charge on any atom is -0.365 e. The van der Waals surface area contributed by atoms with Gasteiger partial charge in [0.15, 0.2) is 0 Å². The van der Waals surface area contributed by atoms with E-state index in [1.54, 1.807) is 0 Å². The van der Waals surface area contributed by atoms with Gasteiger partial charge in [-0.05, 0) is 6.42 Å². The Morgan fingerprint density at radius 1 is 1.57 bits per heavy atom. The molecule has 1 saturated heterocycles. The lowest BCUT2D eigenvalue weighted by molar-refractivity contribution is -0.184. The second-order valence-corrected chi connectivity index (χ2v) is 2.88. The quantitative estimate of drug-likeness (QED) is 0.707. The van der Waals surface area contributed by atoms with Gasteiger partial charge in [0.1, 0.15) is 12.7 Å². The fourth-order valence-electron chi connectivity index (χ4n) is 1.14. The zero-order chi connectivity index (χ0) is 10.8. The number of hydrogen-bond acceptors (Lipinski definition) is 2. The fraction of sp³-hybridized carbons (Fsp3) is 0.857. The highest BCUT2D eigenvalue weighted by Gasteiger charge is 2.50. The molecule has 1 atom stereocenters. The summed E-state index contributed by atoms with van der Waals surface area (Å²) in [7, 11) is 0. The summed E-state index contributed by atoms with van der Waals surface area (Å²) in [4.78, 5) is 10.6. The Balaban J connectivity index is 2.54. The van der Waals surface area contributed by atoms with Crippen molar-refractivity contribution in [3.05, 3.63) is 0 Å². The van der Waals surface area contributed by atoms with Crippen LogP contribution < -0.4 is 5.32 Å². The molecule has 0 bridgehead atoms. The Labute approximate surface area is 77.4 Å². The molecule has 1 unspecified atom stereocenters. The fourth-order valence-corrected chi connectivity index (χ4v) is 1.14. The van der Waals surface area contributed by atoms with Gasteiger partial charge in [-0.25, -0.2) is 8.78 Å². The number of carbonyl (C=O) groups is 1. The Hall–Kier alpha value is -0.850. The van der Waals surface area contributed by atoms with Crippen molar-refractivity contribution in [2.24, 2.45) is 0 Å². The SMILES string of the molecule is O=C1NCCC(OCC(F)F)C1(F)F. The average Bonchev–Trinajstić information content (AvgIpc) is 2.07. The predicted octanol–water partition coefficient (Wildman–Crippen LogP) is 0.792. The van der Waals surface area contributed by atoms with Crippen LogP contribution in [0.4, 0.5) is 17.6 Å². The van der Waals surface area contributed by atoms with E-state index < -0.39 is 31.0 Å². The molecule has 3 nitrogen and oxygen atoms in total. The molecule has 0 aromatic rings. The molecular formula is C7H9F4NO2. The molecule has 0 spiro atoms. The Morgan fingerprint density at radius 2 is 2.21 bits per heavy atom. The number of ether oxygens (including phenoxy) is 1. The topological polar surface area (TPSA) is 38.3 Å². The zero-order valence-electron chi connectivity index (χ0n) is 7.10. The standard InChI is InChI=1S/C7H9F4NO2/c8-5(9)3-14-4-1-2-12-6(13)7(4,10)11/h4-5H,1-3H2,(H,12,13). The number of hydrogen-bond donors (Lipinski definition) is 1. The van der Waals surface area contributed by atoms with Crippen molar-refractivity contribution in [3.8, 4) is 0 Å². The van der Waals surface area contributed by atoms with Gasteiger partial charge >= 0.3 is 5.92 Å². The third-order valence-corrected chi connectivity index (χ3v) is 1.82. The first kappa shape index (κ1) is 11.2. The summed E-state index contributed by atoms with van der Waals surface area (Å²) in [6.07, 6.45) is -4.72. The summed E-state index contributed by atoms with van der Waals surface area (Å²) in [5, 5.41) is 1.93. The van der Waals surface area contributed by atoms with Crippen LogP contribution in [0.2, 0.25) is 0 Å². The van der Waals surface area contributed by atoms with Crippen LogP contribution in [-0.4, -0.2) is 37.5 Å². The summed E-state index contributed by atoms with van der Waals surface area (Å²) >= 11 is 0. The molecule has 14 heavy (non-hydrogen) atoms. The second-order valence-electron chi connectivity index (χ2n) is 2.88. The minimum absolute atomic E-state index is 0.0162. The van der Waals surface area contributed by atoms with E-state index in [1.807, 2.05) is 5.32 Å². The van der Waals surface area contributed by atoms with Crippen LogP contribution in [0.5, 0.6) is 0 Å². The Morgan fingerprint density at radius 3 is 2.79 bits per heavy atom. The number of halogens is 4. The molecule has 1 heterocycles. The maximum atomic E-state index is 12.9. The van der Waals surface area contributed by atoms with Crippen LogP contribution in [0, 0.1) is 0 Å². The maximum Gasteiger partial charge on any atom is 0.350 e. The lowest BCUT2D eigenvalue weighted by Crippen LogP contribution is -2.55. The van der Waals surface area contributed by atoms with Crippen LogP contribution in [0.3, 0.4) is 0 Å².